The summed E-state index contributed by atoms with van der Waals surface area (Å²) in [5, 5.41) is 4.24. The summed E-state index contributed by atoms with van der Waals surface area (Å²) in [5.41, 5.74) is 0.780. The number of carbonyl (C=O) groups is 4. The van der Waals surface area contributed by atoms with E-state index < -0.39 is 29.9 Å². The Morgan fingerprint density at radius 1 is 1.22 bits per heavy atom. The standard InChI is InChI=1S/C15H14N2O6/c1-9(18)23-12-7-11(13(19)17-14(12)20)16-15(21)22-8-10-5-3-2-4-6-10/h2-7,11H,8H2,1H3,(H,16,21)(H,17,19,20). The first-order chi connectivity index (χ1) is 11.0. The molecule has 23 heavy (non-hydrogen) atoms. The Morgan fingerprint density at radius 2 is 1.91 bits per heavy atom. The molecule has 1 atom stereocenters. The lowest BCUT2D eigenvalue weighted by molar-refractivity contribution is -0.143. The topological polar surface area (TPSA) is 111 Å². The highest BCUT2D eigenvalue weighted by Crippen LogP contribution is 2.08. The van der Waals surface area contributed by atoms with E-state index in [-0.39, 0.29) is 12.4 Å². The number of nitrogens with one attached hydrogen (secondary N) is 2. The third kappa shape index (κ3) is 4.67. The number of carbonyl (C=O) groups excluding carboxylic acids is 4. The molecule has 1 aromatic carbocycles. The summed E-state index contributed by atoms with van der Waals surface area (Å²) in [4.78, 5) is 45.7. The van der Waals surface area contributed by atoms with Crippen molar-refractivity contribution in [2.75, 3.05) is 0 Å². The zero-order valence-corrected chi connectivity index (χ0v) is 12.2. The average Bonchev–Trinajstić information content (AvgIpc) is 2.50. The fourth-order valence-corrected chi connectivity index (χ4v) is 1.79. The van der Waals surface area contributed by atoms with Crippen LogP contribution in [0.3, 0.4) is 0 Å². The minimum atomic E-state index is -1.18. The van der Waals surface area contributed by atoms with Gasteiger partial charge in [0.1, 0.15) is 12.6 Å². The number of benzene rings is 1. The minimum absolute atomic E-state index is 0.0282. The van der Waals surface area contributed by atoms with Gasteiger partial charge in [-0.25, -0.2) is 4.79 Å². The van der Waals surface area contributed by atoms with Crippen molar-refractivity contribution in [3.8, 4) is 0 Å². The van der Waals surface area contributed by atoms with Crippen LogP contribution in [0.1, 0.15) is 12.5 Å². The molecule has 120 valence electrons. The van der Waals surface area contributed by atoms with E-state index in [1.165, 1.54) is 0 Å². The number of hydrogen-bond acceptors (Lipinski definition) is 6. The van der Waals surface area contributed by atoms with Crippen LogP contribution in [0, 0.1) is 0 Å². The third-order valence-electron chi connectivity index (χ3n) is 2.80. The molecule has 1 heterocycles. The van der Waals surface area contributed by atoms with E-state index in [1.807, 2.05) is 11.4 Å². The van der Waals surface area contributed by atoms with E-state index >= 15 is 0 Å². The van der Waals surface area contributed by atoms with Gasteiger partial charge < -0.3 is 14.8 Å². The lowest BCUT2D eigenvalue weighted by Crippen LogP contribution is -2.51. The number of imide groups is 1. The molecule has 0 spiro atoms. The largest absolute Gasteiger partial charge is 0.445 e. The van der Waals surface area contributed by atoms with Gasteiger partial charge in [0, 0.05) is 6.92 Å². The number of esters is 1. The van der Waals surface area contributed by atoms with E-state index in [9.17, 15) is 19.2 Å². The summed E-state index contributed by atoms with van der Waals surface area (Å²) < 4.78 is 9.63. The van der Waals surface area contributed by atoms with Crippen molar-refractivity contribution in [2.45, 2.75) is 19.6 Å². The summed E-state index contributed by atoms with van der Waals surface area (Å²) in [7, 11) is 0. The first-order valence-corrected chi connectivity index (χ1v) is 6.68. The monoisotopic (exact) mass is 318 g/mol. The van der Waals surface area contributed by atoms with Crippen molar-refractivity contribution in [1.29, 1.82) is 0 Å². The van der Waals surface area contributed by atoms with Gasteiger partial charge in [0.25, 0.3) is 11.8 Å². The van der Waals surface area contributed by atoms with Crippen LogP contribution in [-0.4, -0.2) is 29.9 Å². The van der Waals surface area contributed by atoms with Gasteiger partial charge in [0.05, 0.1) is 0 Å². The fourth-order valence-electron chi connectivity index (χ4n) is 1.79. The molecule has 0 saturated carbocycles. The first-order valence-electron chi connectivity index (χ1n) is 6.68. The van der Waals surface area contributed by atoms with Crippen LogP contribution >= 0.6 is 0 Å². The zero-order chi connectivity index (χ0) is 16.8. The van der Waals surface area contributed by atoms with Crippen molar-refractivity contribution >= 4 is 23.9 Å². The molecular weight excluding hydrogens is 304 g/mol. The molecule has 0 aliphatic carbocycles. The maximum absolute atomic E-state index is 11.7. The summed E-state index contributed by atoms with van der Waals surface area (Å²) >= 11 is 0. The molecule has 2 rings (SSSR count). The number of rotatable bonds is 4. The quantitative estimate of drug-likeness (QED) is 0.613. The Labute approximate surface area is 131 Å². The molecule has 3 amide bonds. The Kier molecular flexibility index (Phi) is 5.08. The van der Waals surface area contributed by atoms with Crippen molar-refractivity contribution < 1.29 is 28.7 Å². The number of amides is 3. The molecule has 2 N–H and O–H groups in total. The lowest BCUT2D eigenvalue weighted by atomic mass is 10.1. The van der Waals surface area contributed by atoms with Crippen molar-refractivity contribution in [3.63, 3.8) is 0 Å². The Bertz CT molecular complexity index is 668. The molecule has 1 aliphatic rings. The second kappa shape index (κ2) is 7.21. The zero-order valence-electron chi connectivity index (χ0n) is 12.2. The van der Waals surface area contributed by atoms with Gasteiger partial charge in [-0.05, 0) is 11.6 Å². The fraction of sp³-hybridized carbons (Fsp3) is 0.200. The van der Waals surface area contributed by atoms with Crippen LogP contribution in [-0.2, 0) is 30.5 Å². The normalized spacial score (nSPS) is 16.9. The SMILES string of the molecule is CC(=O)OC1=CC(NC(=O)OCc2ccccc2)C(=O)NC1=O. The van der Waals surface area contributed by atoms with Crippen molar-refractivity contribution in [1.82, 2.24) is 10.6 Å². The van der Waals surface area contributed by atoms with Gasteiger partial charge in [-0.15, -0.1) is 0 Å². The van der Waals surface area contributed by atoms with Gasteiger partial charge in [0.2, 0.25) is 0 Å². The summed E-state index contributed by atoms with van der Waals surface area (Å²) in [5.74, 6) is -2.67. The van der Waals surface area contributed by atoms with Gasteiger partial charge in [-0.2, -0.15) is 0 Å². The van der Waals surface area contributed by atoms with E-state index in [0.29, 0.717) is 0 Å². The highest BCUT2D eigenvalue weighted by molar-refractivity contribution is 6.10. The Hall–Kier alpha value is -3.16. The van der Waals surface area contributed by atoms with Crippen LogP contribution in [0.2, 0.25) is 0 Å². The lowest BCUT2D eigenvalue weighted by Gasteiger charge is -2.20. The second-order valence-corrected chi connectivity index (χ2v) is 4.63. The molecule has 0 saturated heterocycles. The molecular formula is C15H14N2O6. The van der Waals surface area contributed by atoms with Crippen molar-refractivity contribution in [3.05, 3.63) is 47.7 Å². The van der Waals surface area contributed by atoms with Crippen LogP contribution in [0.25, 0.3) is 0 Å². The average molecular weight is 318 g/mol. The van der Waals surface area contributed by atoms with Crippen LogP contribution in [0.4, 0.5) is 4.79 Å². The van der Waals surface area contributed by atoms with Gasteiger partial charge >= 0.3 is 12.1 Å². The molecule has 0 fully saturated rings. The summed E-state index contributed by atoms with van der Waals surface area (Å²) in [6.07, 6.45) is 0.202. The van der Waals surface area contributed by atoms with E-state index in [4.69, 9.17) is 4.74 Å². The van der Waals surface area contributed by atoms with E-state index in [2.05, 4.69) is 10.1 Å². The molecule has 1 aliphatic heterocycles. The molecule has 0 aromatic heterocycles. The van der Waals surface area contributed by atoms with E-state index in [1.54, 1.807) is 24.3 Å². The predicted molar refractivity (Wildman–Crippen MR) is 76.5 cm³/mol. The maximum Gasteiger partial charge on any atom is 0.408 e. The van der Waals surface area contributed by atoms with E-state index in [0.717, 1.165) is 18.6 Å². The molecule has 1 aromatic rings. The van der Waals surface area contributed by atoms with Gasteiger partial charge in [0.15, 0.2) is 5.76 Å². The molecule has 8 nitrogen and oxygen atoms in total. The highest BCUT2D eigenvalue weighted by Gasteiger charge is 2.30. The molecule has 0 radical (unpaired) electrons. The van der Waals surface area contributed by atoms with Crippen LogP contribution in [0.5, 0.6) is 0 Å². The van der Waals surface area contributed by atoms with Gasteiger partial charge in [-0.3, -0.25) is 19.7 Å². The third-order valence-corrected chi connectivity index (χ3v) is 2.80. The van der Waals surface area contributed by atoms with Crippen LogP contribution < -0.4 is 10.6 Å². The highest BCUT2D eigenvalue weighted by atomic mass is 16.6. The number of ether oxygens (including phenoxy) is 2. The molecule has 0 bridgehead atoms. The predicted octanol–water partition coefficient (Wildman–Crippen LogP) is 0.385. The maximum atomic E-state index is 11.7. The van der Waals surface area contributed by atoms with Crippen molar-refractivity contribution in [2.24, 2.45) is 0 Å². The summed E-state index contributed by atoms with van der Waals surface area (Å²) in [6.45, 7) is 1.14. The second-order valence-electron chi connectivity index (χ2n) is 4.63. The number of hydrogen-bond donors (Lipinski definition) is 2. The molecule has 8 heteroatoms. The first kappa shape index (κ1) is 16.2. The summed E-state index contributed by atoms with van der Waals surface area (Å²) in [6, 6.07) is 7.80. The minimum Gasteiger partial charge on any atom is -0.445 e. The van der Waals surface area contributed by atoms with Gasteiger partial charge in [-0.1, -0.05) is 30.3 Å². The smallest absolute Gasteiger partial charge is 0.408 e. The van der Waals surface area contributed by atoms with Crippen LogP contribution in [0.15, 0.2) is 42.2 Å². The Balaban J connectivity index is 1.95. The Morgan fingerprint density at radius 3 is 2.57 bits per heavy atom. The molecule has 1 unspecified atom stereocenters. The number of alkyl carbamates (subject to hydrolysis) is 1.